The van der Waals surface area contributed by atoms with E-state index in [9.17, 15) is 4.79 Å². The third kappa shape index (κ3) is 8.94. The van der Waals surface area contributed by atoms with Crippen LogP contribution in [0.25, 0.3) is 0 Å². The van der Waals surface area contributed by atoms with Crippen molar-refractivity contribution in [1.29, 1.82) is 0 Å². The van der Waals surface area contributed by atoms with Gasteiger partial charge in [0.2, 0.25) is 5.91 Å². The lowest BCUT2D eigenvalue weighted by atomic mass is 9.90. The van der Waals surface area contributed by atoms with Gasteiger partial charge in [-0.1, -0.05) is 60.5 Å². The Kier molecular flexibility index (Phi) is 15.1. The molecule has 0 bridgehead atoms. The molecule has 4 unspecified atom stereocenters. The number of nitrogens with zero attached hydrogens (tertiary/aromatic N) is 2. The summed E-state index contributed by atoms with van der Waals surface area (Å²) in [6.45, 7) is 16.6. The molecule has 1 N–H and O–H groups in total. The third-order valence-electron chi connectivity index (χ3n) is 6.04. The Labute approximate surface area is 186 Å². The smallest absolute Gasteiger partial charge is 0.236 e. The second-order valence-electron chi connectivity index (χ2n) is 8.73. The summed E-state index contributed by atoms with van der Waals surface area (Å²) in [6, 6.07) is -0.0184. The number of rotatable bonds is 17. The molecule has 0 saturated carbocycles. The van der Waals surface area contributed by atoms with Gasteiger partial charge in [-0.25, -0.2) is 0 Å². The normalized spacial score (nSPS) is 15.5. The molecule has 0 aromatic rings. The molecule has 6 heteroatoms. The number of hydrogen-bond acceptors (Lipinski definition) is 5. The topological polar surface area (TPSA) is 54.0 Å². The molecule has 0 aromatic carbocycles. The zero-order valence-electron chi connectivity index (χ0n) is 21.2. The van der Waals surface area contributed by atoms with Gasteiger partial charge in [0, 0.05) is 39.9 Å². The fourth-order valence-corrected chi connectivity index (χ4v) is 4.13. The minimum absolute atomic E-state index is 0.0161. The largest absolute Gasteiger partial charge is 0.379 e. The summed E-state index contributed by atoms with van der Waals surface area (Å²) in [5, 5.41) is 2.97. The van der Waals surface area contributed by atoms with Crippen LogP contribution in [-0.4, -0.2) is 75.5 Å². The number of amides is 1. The first-order chi connectivity index (χ1) is 14.2. The monoisotopic (exact) mass is 427 g/mol. The van der Waals surface area contributed by atoms with Crippen LogP contribution >= 0.6 is 0 Å². The molecular weight excluding hydrogens is 378 g/mol. The first-order valence-electron chi connectivity index (χ1n) is 11.6. The van der Waals surface area contributed by atoms with E-state index in [0.29, 0.717) is 24.8 Å². The van der Waals surface area contributed by atoms with E-state index >= 15 is 0 Å². The molecular formula is C24H49N3O3. The number of carbonyl (C=O) groups excluding carboxylic acids is 1. The van der Waals surface area contributed by atoms with Gasteiger partial charge >= 0.3 is 0 Å². The number of likely N-dealkylation sites (N-methyl/N-ethyl adjacent to an activating group) is 2. The molecule has 0 heterocycles. The number of nitrogens with one attached hydrogen (secondary N) is 1. The second kappa shape index (κ2) is 15.7. The minimum atomic E-state index is -0.128. The Morgan fingerprint density at radius 3 is 2.17 bits per heavy atom. The van der Waals surface area contributed by atoms with Crippen LogP contribution in [0.4, 0.5) is 0 Å². The molecule has 4 atom stereocenters. The van der Waals surface area contributed by atoms with E-state index in [0.717, 1.165) is 25.1 Å². The molecule has 0 aliphatic rings. The molecule has 178 valence electrons. The van der Waals surface area contributed by atoms with Crippen molar-refractivity contribution < 1.29 is 14.3 Å². The number of carbonyl (C=O) groups is 1. The van der Waals surface area contributed by atoms with Crippen molar-refractivity contribution in [2.45, 2.75) is 85.1 Å². The average molecular weight is 428 g/mol. The Hall–Kier alpha value is -1.11. The number of methoxy groups -OCH3 is 2. The van der Waals surface area contributed by atoms with Gasteiger partial charge in [0.1, 0.15) is 6.23 Å². The van der Waals surface area contributed by atoms with Crippen LogP contribution in [0.15, 0.2) is 12.3 Å². The maximum Gasteiger partial charge on any atom is 0.236 e. The quantitative estimate of drug-likeness (QED) is 0.280. The average Bonchev–Trinajstić information content (AvgIpc) is 2.71. The molecule has 0 aliphatic carbocycles. The van der Waals surface area contributed by atoms with Gasteiger partial charge in [-0.15, -0.1) is 0 Å². The van der Waals surface area contributed by atoms with E-state index in [1.54, 1.807) is 21.3 Å². The lowest BCUT2D eigenvalue weighted by Crippen LogP contribution is -2.52. The highest BCUT2D eigenvalue weighted by Gasteiger charge is 2.34. The number of unbranched alkanes of at least 4 members (excludes halogenated alkanes) is 2. The maximum absolute atomic E-state index is 12.6. The lowest BCUT2D eigenvalue weighted by molar-refractivity contribution is -0.135. The summed E-state index contributed by atoms with van der Waals surface area (Å²) < 4.78 is 11.8. The summed E-state index contributed by atoms with van der Waals surface area (Å²) in [5.74, 6) is 0.734. The third-order valence-corrected chi connectivity index (χ3v) is 6.04. The van der Waals surface area contributed by atoms with Crippen molar-refractivity contribution in [1.82, 2.24) is 15.1 Å². The van der Waals surface area contributed by atoms with Crippen LogP contribution in [0.1, 0.15) is 66.7 Å². The van der Waals surface area contributed by atoms with Crippen molar-refractivity contribution in [3.63, 3.8) is 0 Å². The molecule has 0 radical (unpaired) electrons. The number of ether oxygens (including phenoxy) is 2. The van der Waals surface area contributed by atoms with Gasteiger partial charge in [0.15, 0.2) is 0 Å². The second-order valence-corrected chi connectivity index (χ2v) is 8.73. The Morgan fingerprint density at radius 2 is 1.73 bits per heavy atom. The minimum Gasteiger partial charge on any atom is -0.379 e. The van der Waals surface area contributed by atoms with E-state index in [4.69, 9.17) is 9.47 Å². The highest BCUT2D eigenvalue weighted by Crippen LogP contribution is 2.27. The van der Waals surface area contributed by atoms with Gasteiger partial charge in [-0.3, -0.25) is 4.79 Å². The SMILES string of the molecule is C=C(CC(OC)C(C(C)CC)N(C)C(=O)CNC)N(CCCCC)C(OC)C(C)C. The van der Waals surface area contributed by atoms with E-state index in [-0.39, 0.29) is 24.3 Å². The first kappa shape index (κ1) is 28.9. The van der Waals surface area contributed by atoms with Crippen LogP contribution in [0.2, 0.25) is 0 Å². The van der Waals surface area contributed by atoms with E-state index < -0.39 is 0 Å². The summed E-state index contributed by atoms with van der Waals surface area (Å²) >= 11 is 0. The van der Waals surface area contributed by atoms with Crippen molar-refractivity contribution in [3.8, 4) is 0 Å². The molecule has 0 rings (SSSR count). The molecule has 0 aliphatic heterocycles. The van der Waals surface area contributed by atoms with E-state index in [1.807, 2.05) is 11.9 Å². The Balaban J connectivity index is 5.64. The zero-order chi connectivity index (χ0) is 23.3. The zero-order valence-corrected chi connectivity index (χ0v) is 21.2. The first-order valence-corrected chi connectivity index (χ1v) is 11.6. The highest BCUT2D eigenvalue weighted by molar-refractivity contribution is 5.78. The molecule has 0 spiro atoms. The van der Waals surface area contributed by atoms with Crippen molar-refractivity contribution in [2.75, 3.05) is 41.4 Å². The molecule has 0 fully saturated rings. The standard InChI is InChI=1S/C24H49N3O3/c1-11-13-14-15-27(24(30-10)18(3)4)20(6)16-21(29-9)23(19(5)12-2)26(8)22(28)17-25-7/h18-19,21,23-25H,6,11-17H2,1-5,7-10H3. The molecule has 1 amide bonds. The fourth-order valence-electron chi connectivity index (χ4n) is 4.13. The molecule has 0 saturated heterocycles. The molecule has 30 heavy (non-hydrogen) atoms. The predicted octanol–water partition coefficient (Wildman–Crippen LogP) is 4.12. The van der Waals surface area contributed by atoms with Gasteiger partial charge in [0.05, 0.1) is 18.7 Å². The molecule has 0 aromatic heterocycles. The number of hydrogen-bond donors (Lipinski definition) is 1. The van der Waals surface area contributed by atoms with Crippen molar-refractivity contribution >= 4 is 5.91 Å². The summed E-state index contributed by atoms with van der Waals surface area (Å²) in [7, 11) is 7.19. The van der Waals surface area contributed by atoms with Gasteiger partial charge in [0.25, 0.3) is 0 Å². The van der Waals surface area contributed by atoms with Crippen molar-refractivity contribution in [2.24, 2.45) is 11.8 Å². The fraction of sp³-hybridized carbons (Fsp3) is 0.875. The maximum atomic E-state index is 12.6. The van der Waals surface area contributed by atoms with Gasteiger partial charge in [-0.2, -0.15) is 0 Å². The Morgan fingerprint density at radius 1 is 1.10 bits per heavy atom. The van der Waals surface area contributed by atoms with Gasteiger partial charge < -0.3 is 24.6 Å². The van der Waals surface area contributed by atoms with Crippen LogP contribution in [0.5, 0.6) is 0 Å². The summed E-state index contributed by atoms with van der Waals surface area (Å²) in [5.41, 5.74) is 1.02. The van der Waals surface area contributed by atoms with Crippen LogP contribution in [-0.2, 0) is 14.3 Å². The summed E-state index contributed by atoms with van der Waals surface area (Å²) in [4.78, 5) is 16.8. The van der Waals surface area contributed by atoms with E-state index in [1.165, 1.54) is 12.8 Å². The summed E-state index contributed by atoms with van der Waals surface area (Å²) in [6.07, 6.45) is 4.96. The lowest BCUT2D eigenvalue weighted by Gasteiger charge is -2.41. The van der Waals surface area contributed by atoms with E-state index in [2.05, 4.69) is 51.4 Å². The van der Waals surface area contributed by atoms with Crippen LogP contribution in [0, 0.1) is 11.8 Å². The predicted molar refractivity (Wildman–Crippen MR) is 126 cm³/mol. The van der Waals surface area contributed by atoms with Crippen LogP contribution < -0.4 is 5.32 Å². The Bertz CT molecular complexity index is 484. The van der Waals surface area contributed by atoms with Crippen LogP contribution in [0.3, 0.4) is 0 Å². The highest BCUT2D eigenvalue weighted by atomic mass is 16.5. The molecule has 6 nitrogen and oxygen atoms in total. The van der Waals surface area contributed by atoms with Crippen molar-refractivity contribution in [3.05, 3.63) is 12.3 Å². The van der Waals surface area contributed by atoms with Gasteiger partial charge in [-0.05, 0) is 25.3 Å².